The Morgan fingerprint density at radius 1 is 1.38 bits per heavy atom. The van der Waals surface area contributed by atoms with Crippen LogP contribution in [0.25, 0.3) is 10.1 Å². The van der Waals surface area contributed by atoms with Crippen molar-refractivity contribution in [3.63, 3.8) is 0 Å². The fourth-order valence-corrected chi connectivity index (χ4v) is 4.20. The second-order valence-corrected chi connectivity index (χ2v) is 6.56. The minimum Gasteiger partial charge on any atom is -0.488 e. The van der Waals surface area contributed by atoms with E-state index in [0.717, 1.165) is 24.3 Å². The topological polar surface area (TPSA) is 62.7 Å². The van der Waals surface area contributed by atoms with Crippen LogP contribution >= 0.6 is 11.5 Å². The molecule has 5 nitrogen and oxygen atoms in total. The SMILES string of the molecule is O=C(O)c1nsc2cccc(OC3CN4CCC3CC4)c12. The van der Waals surface area contributed by atoms with Crippen molar-refractivity contribution >= 4 is 27.6 Å². The van der Waals surface area contributed by atoms with E-state index in [9.17, 15) is 9.90 Å². The highest BCUT2D eigenvalue weighted by Crippen LogP contribution is 2.36. The van der Waals surface area contributed by atoms with Gasteiger partial charge in [0.05, 0.1) is 10.1 Å². The summed E-state index contributed by atoms with van der Waals surface area (Å²) >= 11 is 1.21. The van der Waals surface area contributed by atoms with Crippen LogP contribution in [-0.2, 0) is 0 Å². The first-order chi connectivity index (χ1) is 10.2. The van der Waals surface area contributed by atoms with Crippen LogP contribution in [0.2, 0.25) is 0 Å². The summed E-state index contributed by atoms with van der Waals surface area (Å²) in [6.45, 7) is 3.27. The second-order valence-electron chi connectivity index (χ2n) is 5.76. The third-order valence-electron chi connectivity index (χ3n) is 4.54. The molecule has 3 aliphatic rings. The molecule has 4 heterocycles. The van der Waals surface area contributed by atoms with E-state index in [0.29, 0.717) is 17.1 Å². The zero-order chi connectivity index (χ0) is 14.4. The summed E-state index contributed by atoms with van der Waals surface area (Å²) in [4.78, 5) is 13.8. The van der Waals surface area contributed by atoms with E-state index in [1.54, 1.807) is 0 Å². The molecule has 0 amide bonds. The van der Waals surface area contributed by atoms with Crippen molar-refractivity contribution in [1.82, 2.24) is 9.27 Å². The van der Waals surface area contributed by atoms with Crippen molar-refractivity contribution in [2.45, 2.75) is 18.9 Å². The number of aromatic carboxylic acids is 1. The van der Waals surface area contributed by atoms with Crippen LogP contribution in [-0.4, -0.2) is 46.1 Å². The Kier molecular flexibility index (Phi) is 3.08. The fraction of sp³-hybridized carbons (Fsp3) is 0.467. The van der Waals surface area contributed by atoms with Crippen LogP contribution in [0.3, 0.4) is 0 Å². The average Bonchev–Trinajstić information content (AvgIpc) is 2.94. The van der Waals surface area contributed by atoms with E-state index in [2.05, 4.69) is 9.27 Å². The molecule has 5 rings (SSSR count). The molecule has 1 aromatic carbocycles. The number of benzene rings is 1. The van der Waals surface area contributed by atoms with Gasteiger partial charge in [-0.15, -0.1) is 0 Å². The molecule has 2 bridgehead atoms. The van der Waals surface area contributed by atoms with Gasteiger partial charge in [-0.25, -0.2) is 4.79 Å². The van der Waals surface area contributed by atoms with Gasteiger partial charge in [0.2, 0.25) is 0 Å². The zero-order valence-corrected chi connectivity index (χ0v) is 12.3. The third-order valence-corrected chi connectivity index (χ3v) is 5.35. The maximum absolute atomic E-state index is 11.3. The van der Waals surface area contributed by atoms with Gasteiger partial charge in [0.25, 0.3) is 0 Å². The van der Waals surface area contributed by atoms with Crippen LogP contribution in [0.4, 0.5) is 0 Å². The first kappa shape index (κ1) is 13.0. The van der Waals surface area contributed by atoms with Crippen LogP contribution in [0.1, 0.15) is 23.3 Å². The number of hydrogen-bond donors (Lipinski definition) is 1. The molecular weight excluding hydrogens is 288 g/mol. The molecule has 0 saturated carbocycles. The molecule has 0 spiro atoms. The minimum absolute atomic E-state index is 0.104. The van der Waals surface area contributed by atoms with E-state index in [4.69, 9.17) is 4.74 Å². The lowest BCUT2D eigenvalue weighted by Crippen LogP contribution is -2.52. The number of carboxylic acid groups (broad SMARTS) is 1. The number of carbonyl (C=O) groups is 1. The molecule has 21 heavy (non-hydrogen) atoms. The number of carboxylic acids is 1. The largest absolute Gasteiger partial charge is 0.488 e. The molecule has 1 unspecified atom stereocenters. The summed E-state index contributed by atoms with van der Waals surface area (Å²) in [5.41, 5.74) is 0.104. The highest BCUT2D eigenvalue weighted by atomic mass is 32.1. The third kappa shape index (κ3) is 2.18. The summed E-state index contributed by atoms with van der Waals surface area (Å²) in [5, 5.41) is 9.93. The molecule has 3 saturated heterocycles. The number of rotatable bonds is 3. The lowest BCUT2D eigenvalue weighted by molar-refractivity contribution is -0.00704. The smallest absolute Gasteiger partial charge is 0.356 e. The van der Waals surface area contributed by atoms with Crippen molar-refractivity contribution in [3.05, 3.63) is 23.9 Å². The molecule has 0 aliphatic carbocycles. The standard InChI is InChI=1S/C15H16N2O3S/c18-15(19)14-13-10(2-1-3-12(13)21-16-14)20-11-8-17-6-4-9(11)5-7-17/h1-3,9,11H,4-8H2,(H,18,19). The molecule has 3 aliphatic heterocycles. The van der Waals surface area contributed by atoms with Crippen molar-refractivity contribution < 1.29 is 14.6 Å². The Morgan fingerprint density at radius 2 is 2.19 bits per heavy atom. The summed E-state index contributed by atoms with van der Waals surface area (Å²) in [6.07, 6.45) is 2.52. The Bertz CT molecular complexity index is 691. The maximum Gasteiger partial charge on any atom is 0.356 e. The van der Waals surface area contributed by atoms with Crippen molar-refractivity contribution in [2.24, 2.45) is 5.92 Å². The molecular formula is C15H16N2O3S. The van der Waals surface area contributed by atoms with Gasteiger partial charge in [-0.2, -0.15) is 4.37 Å². The molecule has 2 aromatic rings. The molecule has 1 N–H and O–H groups in total. The number of nitrogens with zero attached hydrogens (tertiary/aromatic N) is 2. The van der Waals surface area contributed by atoms with Gasteiger partial charge >= 0.3 is 5.97 Å². The van der Waals surface area contributed by atoms with E-state index >= 15 is 0 Å². The number of piperidine rings is 3. The van der Waals surface area contributed by atoms with E-state index in [1.165, 1.54) is 24.4 Å². The first-order valence-electron chi connectivity index (χ1n) is 7.23. The van der Waals surface area contributed by atoms with E-state index in [1.807, 2.05) is 18.2 Å². The highest BCUT2D eigenvalue weighted by molar-refractivity contribution is 7.13. The van der Waals surface area contributed by atoms with Gasteiger partial charge in [-0.1, -0.05) is 6.07 Å². The number of aromatic nitrogens is 1. The fourth-order valence-electron chi connectivity index (χ4n) is 3.41. The van der Waals surface area contributed by atoms with Gasteiger partial charge in [0.15, 0.2) is 5.69 Å². The van der Waals surface area contributed by atoms with Crippen molar-refractivity contribution in [3.8, 4) is 5.75 Å². The lowest BCUT2D eigenvalue weighted by Gasteiger charge is -2.44. The predicted molar refractivity (Wildman–Crippen MR) is 80.2 cm³/mol. The van der Waals surface area contributed by atoms with Crippen LogP contribution in [0.15, 0.2) is 18.2 Å². The maximum atomic E-state index is 11.3. The van der Waals surface area contributed by atoms with Crippen molar-refractivity contribution in [2.75, 3.05) is 19.6 Å². The van der Waals surface area contributed by atoms with Gasteiger partial charge in [0.1, 0.15) is 11.9 Å². The number of fused-ring (bicyclic) bond motifs is 4. The Labute approximate surface area is 126 Å². The van der Waals surface area contributed by atoms with Gasteiger partial charge < -0.3 is 9.84 Å². The quantitative estimate of drug-likeness (QED) is 0.944. The minimum atomic E-state index is -0.994. The van der Waals surface area contributed by atoms with Crippen LogP contribution < -0.4 is 4.74 Å². The summed E-state index contributed by atoms with van der Waals surface area (Å²) < 4.78 is 11.1. The van der Waals surface area contributed by atoms with E-state index in [-0.39, 0.29) is 11.8 Å². The van der Waals surface area contributed by atoms with Gasteiger partial charge in [-0.3, -0.25) is 4.90 Å². The summed E-state index contributed by atoms with van der Waals surface area (Å²) in [5.74, 6) is 0.258. The molecule has 6 heteroatoms. The monoisotopic (exact) mass is 304 g/mol. The van der Waals surface area contributed by atoms with Gasteiger partial charge in [0, 0.05) is 6.54 Å². The molecule has 0 radical (unpaired) electrons. The average molecular weight is 304 g/mol. The molecule has 110 valence electrons. The van der Waals surface area contributed by atoms with Crippen LogP contribution in [0.5, 0.6) is 5.75 Å². The van der Waals surface area contributed by atoms with Gasteiger partial charge in [-0.05, 0) is 55.5 Å². The number of hydrogen-bond acceptors (Lipinski definition) is 5. The lowest BCUT2D eigenvalue weighted by atomic mass is 9.86. The first-order valence-corrected chi connectivity index (χ1v) is 8.00. The van der Waals surface area contributed by atoms with E-state index < -0.39 is 5.97 Å². The zero-order valence-electron chi connectivity index (χ0n) is 11.5. The van der Waals surface area contributed by atoms with Crippen LogP contribution in [0, 0.1) is 5.92 Å². The second kappa shape index (κ2) is 4.96. The van der Waals surface area contributed by atoms with Crippen molar-refractivity contribution in [1.29, 1.82) is 0 Å². The molecule has 1 atom stereocenters. The number of ether oxygens (including phenoxy) is 1. The molecule has 3 fully saturated rings. The normalized spacial score (nSPS) is 27.9. The summed E-state index contributed by atoms with van der Waals surface area (Å²) in [6, 6.07) is 5.66. The molecule has 1 aromatic heterocycles. The predicted octanol–water partition coefficient (Wildman–Crippen LogP) is 2.47. The summed E-state index contributed by atoms with van der Waals surface area (Å²) in [7, 11) is 0. The highest BCUT2D eigenvalue weighted by Gasteiger charge is 2.36. The Morgan fingerprint density at radius 3 is 2.86 bits per heavy atom. The Hall–Kier alpha value is -1.66. The Balaban J connectivity index is 1.70.